The van der Waals surface area contributed by atoms with Crippen molar-refractivity contribution in [1.82, 2.24) is 20.0 Å². The molecule has 1 aromatic carbocycles. The number of carbonyl (C=O) groups excluding carboxylic acids is 2. The highest BCUT2D eigenvalue weighted by molar-refractivity contribution is 5.90. The number of ether oxygens (including phenoxy) is 1. The van der Waals surface area contributed by atoms with Gasteiger partial charge in [-0.3, -0.25) is 9.69 Å². The highest BCUT2D eigenvalue weighted by Gasteiger charge is 2.32. The molecule has 1 fully saturated rings. The number of nitrogens with one attached hydrogen (secondary N) is 1. The van der Waals surface area contributed by atoms with Crippen LogP contribution in [0.4, 0.5) is 14.9 Å². The van der Waals surface area contributed by atoms with E-state index in [2.05, 4.69) is 15.5 Å². The Kier molecular flexibility index (Phi) is 4.52. The topological polar surface area (TPSA) is 102 Å². The molecule has 1 unspecified atom stereocenters. The molecule has 0 bridgehead atoms. The van der Waals surface area contributed by atoms with Crippen LogP contribution in [-0.2, 0) is 9.53 Å². The first kappa shape index (κ1) is 17.7. The molecule has 0 spiro atoms. The molecule has 28 heavy (non-hydrogen) atoms. The summed E-state index contributed by atoms with van der Waals surface area (Å²) in [7, 11) is 0. The largest absolute Gasteiger partial charge is 0.442 e. The van der Waals surface area contributed by atoms with Crippen molar-refractivity contribution >= 4 is 18.2 Å². The third-order valence-electron chi connectivity index (χ3n) is 4.30. The zero-order valence-electron chi connectivity index (χ0n) is 14.8. The van der Waals surface area contributed by atoms with Gasteiger partial charge in [-0.25, -0.2) is 9.18 Å². The zero-order valence-corrected chi connectivity index (χ0v) is 14.8. The summed E-state index contributed by atoms with van der Waals surface area (Å²) in [6.07, 6.45) is 2.84. The quantitative estimate of drug-likeness (QED) is 0.652. The Morgan fingerprint density at radius 3 is 2.96 bits per heavy atom. The maximum atomic E-state index is 14.7. The first-order valence-electron chi connectivity index (χ1n) is 8.49. The summed E-state index contributed by atoms with van der Waals surface area (Å²) >= 11 is 0. The first-order valence-corrected chi connectivity index (χ1v) is 8.49. The van der Waals surface area contributed by atoms with Crippen LogP contribution in [0.25, 0.3) is 17.1 Å². The minimum atomic E-state index is -0.583. The van der Waals surface area contributed by atoms with Crippen molar-refractivity contribution in [2.45, 2.75) is 13.0 Å². The van der Waals surface area contributed by atoms with Crippen molar-refractivity contribution in [3.8, 4) is 17.1 Å². The predicted molar refractivity (Wildman–Crippen MR) is 95.4 cm³/mol. The fraction of sp³-hybridized carbons (Fsp3) is 0.222. The van der Waals surface area contributed by atoms with E-state index >= 15 is 0 Å². The Hall–Kier alpha value is -3.69. The number of anilines is 1. The van der Waals surface area contributed by atoms with Gasteiger partial charge < -0.3 is 19.1 Å². The van der Waals surface area contributed by atoms with Gasteiger partial charge in [-0.05, 0) is 24.3 Å². The van der Waals surface area contributed by atoms with Crippen molar-refractivity contribution < 1.29 is 23.2 Å². The van der Waals surface area contributed by atoms with Gasteiger partial charge in [0.1, 0.15) is 11.9 Å². The number of rotatable bonds is 6. The van der Waals surface area contributed by atoms with Crippen molar-refractivity contribution in [3.05, 3.63) is 48.4 Å². The van der Waals surface area contributed by atoms with E-state index < -0.39 is 18.0 Å². The first-order chi connectivity index (χ1) is 13.5. The number of halogens is 1. The van der Waals surface area contributed by atoms with Gasteiger partial charge in [0, 0.05) is 24.9 Å². The molecule has 3 aromatic rings. The molecule has 1 saturated heterocycles. The number of carbonyl (C=O) groups is 2. The second-order valence-corrected chi connectivity index (χ2v) is 6.22. The van der Waals surface area contributed by atoms with E-state index in [0.717, 1.165) is 0 Å². The van der Waals surface area contributed by atoms with E-state index in [1.165, 1.54) is 11.0 Å². The zero-order chi connectivity index (χ0) is 19.7. The second-order valence-electron chi connectivity index (χ2n) is 6.22. The molecule has 0 radical (unpaired) electrons. The predicted octanol–water partition coefficient (Wildman–Crippen LogP) is 2.05. The maximum absolute atomic E-state index is 14.7. The number of nitrogens with zero attached hydrogens (tertiary/aromatic N) is 4. The van der Waals surface area contributed by atoms with Crippen molar-refractivity contribution in [1.29, 1.82) is 0 Å². The van der Waals surface area contributed by atoms with E-state index in [1.54, 1.807) is 42.1 Å². The number of hydrogen-bond donors (Lipinski definition) is 1. The van der Waals surface area contributed by atoms with Gasteiger partial charge in [0.2, 0.25) is 18.1 Å². The molecular weight excluding hydrogens is 369 g/mol. The normalized spacial score (nSPS) is 16.3. The molecule has 1 aliphatic heterocycles. The molecular formula is C18H16FN5O4. The molecule has 0 saturated carbocycles. The lowest BCUT2D eigenvalue weighted by Crippen LogP contribution is -2.30. The van der Waals surface area contributed by atoms with Crippen LogP contribution in [0.3, 0.4) is 0 Å². The summed E-state index contributed by atoms with van der Waals surface area (Å²) in [5.41, 5.74) is 1.37. The fourth-order valence-electron chi connectivity index (χ4n) is 2.99. The van der Waals surface area contributed by atoms with Crippen LogP contribution < -0.4 is 10.2 Å². The number of aryl methyl sites for hydroxylation is 1. The monoisotopic (exact) mass is 385 g/mol. The van der Waals surface area contributed by atoms with Crippen LogP contribution in [-0.4, -0.2) is 46.4 Å². The Labute approximate surface area is 158 Å². The van der Waals surface area contributed by atoms with Crippen molar-refractivity contribution in [3.63, 3.8) is 0 Å². The van der Waals surface area contributed by atoms with Gasteiger partial charge in [0.05, 0.1) is 24.5 Å². The number of aromatic nitrogens is 3. The Morgan fingerprint density at radius 1 is 1.39 bits per heavy atom. The van der Waals surface area contributed by atoms with Gasteiger partial charge in [-0.1, -0.05) is 5.16 Å². The number of hydrogen-bond acceptors (Lipinski definition) is 6. The molecule has 0 aliphatic carbocycles. The molecule has 4 rings (SSSR count). The molecule has 9 nitrogen and oxygen atoms in total. The van der Waals surface area contributed by atoms with Crippen LogP contribution in [0.5, 0.6) is 0 Å². The minimum absolute atomic E-state index is 0.202. The number of amides is 2. The van der Waals surface area contributed by atoms with Crippen molar-refractivity contribution in [2.75, 3.05) is 18.0 Å². The summed E-state index contributed by atoms with van der Waals surface area (Å²) in [4.78, 5) is 27.9. The summed E-state index contributed by atoms with van der Waals surface area (Å²) in [5.74, 6) is 0.353. The number of cyclic esters (lactones) is 1. The van der Waals surface area contributed by atoms with E-state index in [9.17, 15) is 14.0 Å². The van der Waals surface area contributed by atoms with Gasteiger partial charge in [0.15, 0.2) is 0 Å². The average Bonchev–Trinajstić information content (AvgIpc) is 3.39. The standard InChI is InChI=1S/C18H16FN5O4/c1-11-21-17(22-28-11)12-4-5-23(8-12)16-3-2-13(6-15(16)19)24-9-14(7-20-10-25)27-18(24)26/h2-6,8,10,14H,7,9H2,1H3,(H,20,25). The smallest absolute Gasteiger partial charge is 0.414 e. The Bertz CT molecular complexity index is 1030. The van der Waals surface area contributed by atoms with E-state index in [4.69, 9.17) is 9.26 Å². The highest BCUT2D eigenvalue weighted by atomic mass is 19.1. The van der Waals surface area contributed by atoms with Gasteiger partial charge >= 0.3 is 6.09 Å². The van der Waals surface area contributed by atoms with E-state index in [1.807, 2.05) is 0 Å². The lowest BCUT2D eigenvalue weighted by molar-refractivity contribution is -0.109. The summed E-state index contributed by atoms with van der Waals surface area (Å²) in [6, 6.07) is 6.22. The molecule has 1 atom stereocenters. The molecule has 1 aliphatic rings. The maximum Gasteiger partial charge on any atom is 0.414 e. The van der Waals surface area contributed by atoms with E-state index in [-0.39, 0.29) is 13.1 Å². The van der Waals surface area contributed by atoms with Gasteiger partial charge in [0.25, 0.3) is 0 Å². The SMILES string of the molecule is Cc1nc(-c2ccn(-c3ccc(N4CC(CNC=O)OC4=O)cc3F)c2)no1. The van der Waals surface area contributed by atoms with Crippen LogP contribution in [0.2, 0.25) is 0 Å². The second kappa shape index (κ2) is 7.14. The van der Waals surface area contributed by atoms with E-state index in [0.29, 0.717) is 35.1 Å². The van der Waals surface area contributed by atoms with Crippen molar-refractivity contribution in [2.24, 2.45) is 0 Å². The molecule has 1 N–H and O–H groups in total. The Morgan fingerprint density at radius 2 is 2.25 bits per heavy atom. The highest BCUT2D eigenvalue weighted by Crippen LogP contribution is 2.27. The third kappa shape index (κ3) is 3.31. The minimum Gasteiger partial charge on any atom is -0.442 e. The van der Waals surface area contributed by atoms with Gasteiger partial charge in [-0.15, -0.1) is 0 Å². The summed E-state index contributed by atoms with van der Waals surface area (Å²) in [6.45, 7) is 2.12. The van der Waals surface area contributed by atoms with Crippen LogP contribution in [0, 0.1) is 12.7 Å². The lowest BCUT2D eigenvalue weighted by Gasteiger charge is -2.14. The molecule has 2 aromatic heterocycles. The third-order valence-corrected chi connectivity index (χ3v) is 4.30. The van der Waals surface area contributed by atoms with Crippen LogP contribution >= 0.6 is 0 Å². The lowest BCUT2D eigenvalue weighted by atomic mass is 10.2. The number of benzene rings is 1. The van der Waals surface area contributed by atoms with Gasteiger partial charge in [-0.2, -0.15) is 4.98 Å². The fourth-order valence-corrected chi connectivity index (χ4v) is 2.99. The summed E-state index contributed by atoms with van der Waals surface area (Å²) in [5, 5.41) is 6.30. The molecule has 3 heterocycles. The Balaban J connectivity index is 1.55. The molecule has 2 amide bonds. The van der Waals surface area contributed by atoms with Crippen LogP contribution in [0.15, 0.2) is 41.2 Å². The molecule has 144 valence electrons. The summed E-state index contributed by atoms with van der Waals surface area (Å²) < 4.78 is 26.4. The van der Waals surface area contributed by atoms with Crippen LogP contribution in [0.1, 0.15) is 5.89 Å². The molecule has 10 heteroatoms. The average molecular weight is 385 g/mol.